The second-order valence-corrected chi connectivity index (χ2v) is 9.72. The molecule has 0 unspecified atom stereocenters. The molecule has 0 saturated heterocycles. The highest BCUT2D eigenvalue weighted by atomic mass is 32.2. The number of rotatable bonds is 7. The summed E-state index contributed by atoms with van der Waals surface area (Å²) in [5.74, 6) is 0. The number of hydrogen-bond donors (Lipinski definition) is 2. The summed E-state index contributed by atoms with van der Waals surface area (Å²) in [5.41, 5.74) is 0.620. The van der Waals surface area contributed by atoms with Gasteiger partial charge < -0.3 is 4.98 Å². The Morgan fingerprint density at radius 3 is 2.70 bits per heavy atom. The molecule has 1 aliphatic rings. The topological polar surface area (TPSA) is 91.9 Å². The fraction of sp³-hybridized carbons (Fsp3) is 0.474. The van der Waals surface area contributed by atoms with Gasteiger partial charge in [-0.1, -0.05) is 56.1 Å². The van der Waals surface area contributed by atoms with Crippen molar-refractivity contribution >= 4 is 21.8 Å². The maximum Gasteiger partial charge on any atom is 0.251 e. The van der Waals surface area contributed by atoms with Crippen LogP contribution in [0.3, 0.4) is 0 Å². The third-order valence-corrected chi connectivity index (χ3v) is 7.39. The molecule has 0 radical (unpaired) electrons. The van der Waals surface area contributed by atoms with Gasteiger partial charge in [-0.05, 0) is 31.4 Å². The fourth-order valence-electron chi connectivity index (χ4n) is 3.31. The number of aromatic amines is 1. The van der Waals surface area contributed by atoms with E-state index in [4.69, 9.17) is 0 Å². The molecule has 0 spiro atoms. The number of hydrogen-bond acceptors (Lipinski definition) is 5. The SMILES string of the molecule is CCCc1cc(=O)[nH]c(S[C@H]2CCCC[C@H]2NS(=O)(=O)c2ccccc2)n1. The van der Waals surface area contributed by atoms with Crippen molar-refractivity contribution in [2.45, 2.75) is 66.8 Å². The molecule has 146 valence electrons. The van der Waals surface area contributed by atoms with Crippen LogP contribution in [0.25, 0.3) is 0 Å². The minimum absolute atomic E-state index is 0.0391. The zero-order chi connectivity index (χ0) is 19.3. The Morgan fingerprint density at radius 2 is 1.96 bits per heavy atom. The first-order valence-corrected chi connectivity index (χ1v) is 11.7. The standard InChI is InChI=1S/C19H25N3O3S2/c1-2-8-14-13-18(23)21-19(20-14)26-17-12-7-6-11-16(17)22-27(24,25)15-9-4-3-5-10-15/h3-5,9-10,13,16-17,22H,2,6-8,11-12H2,1H3,(H,20,21,23)/t16-,17+/m1/s1. The Labute approximate surface area is 164 Å². The van der Waals surface area contributed by atoms with E-state index in [-0.39, 0.29) is 21.7 Å². The van der Waals surface area contributed by atoms with Gasteiger partial charge in [-0.2, -0.15) is 0 Å². The van der Waals surface area contributed by atoms with E-state index in [2.05, 4.69) is 14.7 Å². The highest BCUT2D eigenvalue weighted by Crippen LogP contribution is 2.33. The number of aryl methyl sites for hydroxylation is 1. The molecule has 27 heavy (non-hydrogen) atoms. The van der Waals surface area contributed by atoms with E-state index in [1.807, 2.05) is 6.92 Å². The summed E-state index contributed by atoms with van der Waals surface area (Å²) < 4.78 is 28.3. The zero-order valence-corrected chi connectivity index (χ0v) is 17.0. The lowest BCUT2D eigenvalue weighted by Crippen LogP contribution is -2.43. The minimum Gasteiger partial charge on any atom is -0.301 e. The molecule has 2 atom stereocenters. The van der Waals surface area contributed by atoms with Crippen molar-refractivity contribution in [2.75, 3.05) is 0 Å². The number of H-pyrrole nitrogens is 1. The second-order valence-electron chi connectivity index (χ2n) is 6.77. The number of sulfonamides is 1. The maximum atomic E-state index is 12.7. The molecular formula is C19H25N3O3S2. The van der Waals surface area contributed by atoms with E-state index in [1.54, 1.807) is 30.3 Å². The van der Waals surface area contributed by atoms with Gasteiger partial charge in [-0.3, -0.25) is 4.79 Å². The van der Waals surface area contributed by atoms with Gasteiger partial charge in [0.05, 0.1) is 4.90 Å². The molecule has 1 aromatic heterocycles. The van der Waals surface area contributed by atoms with Crippen LogP contribution in [-0.4, -0.2) is 29.7 Å². The smallest absolute Gasteiger partial charge is 0.251 e. The Balaban J connectivity index is 1.77. The van der Waals surface area contributed by atoms with Crippen molar-refractivity contribution in [2.24, 2.45) is 0 Å². The average Bonchev–Trinajstić information content (AvgIpc) is 2.64. The Hall–Kier alpha value is -1.64. The van der Waals surface area contributed by atoms with Crippen molar-refractivity contribution in [3.8, 4) is 0 Å². The molecule has 1 heterocycles. The summed E-state index contributed by atoms with van der Waals surface area (Å²) in [7, 11) is -3.57. The largest absolute Gasteiger partial charge is 0.301 e. The van der Waals surface area contributed by atoms with Crippen LogP contribution < -0.4 is 10.3 Å². The molecule has 0 bridgehead atoms. The molecule has 1 fully saturated rings. The van der Waals surface area contributed by atoms with Crippen molar-refractivity contribution in [1.29, 1.82) is 0 Å². The van der Waals surface area contributed by atoms with Crippen LogP contribution in [-0.2, 0) is 16.4 Å². The van der Waals surface area contributed by atoms with Crippen LogP contribution in [0.5, 0.6) is 0 Å². The molecule has 0 aliphatic heterocycles. The fourth-order valence-corrected chi connectivity index (χ4v) is 5.99. The van der Waals surface area contributed by atoms with Crippen molar-refractivity contribution in [1.82, 2.24) is 14.7 Å². The van der Waals surface area contributed by atoms with Gasteiger partial charge in [-0.25, -0.2) is 18.1 Å². The molecule has 6 nitrogen and oxygen atoms in total. The van der Waals surface area contributed by atoms with Crippen LogP contribution in [0, 0.1) is 0 Å². The first-order valence-electron chi connectivity index (χ1n) is 9.32. The van der Waals surface area contributed by atoms with Gasteiger partial charge in [0.1, 0.15) is 0 Å². The van der Waals surface area contributed by atoms with Gasteiger partial charge in [0.25, 0.3) is 5.56 Å². The van der Waals surface area contributed by atoms with Crippen LogP contribution in [0.1, 0.15) is 44.7 Å². The van der Waals surface area contributed by atoms with E-state index in [1.165, 1.54) is 17.8 Å². The predicted octanol–water partition coefficient (Wildman–Crippen LogP) is 3.10. The molecule has 3 rings (SSSR count). The van der Waals surface area contributed by atoms with E-state index >= 15 is 0 Å². The van der Waals surface area contributed by atoms with Gasteiger partial charge in [0.15, 0.2) is 5.16 Å². The summed E-state index contributed by atoms with van der Waals surface area (Å²) in [5, 5.41) is 0.610. The summed E-state index contributed by atoms with van der Waals surface area (Å²) >= 11 is 1.47. The third kappa shape index (κ3) is 5.43. The molecule has 1 aromatic carbocycles. The van der Waals surface area contributed by atoms with Crippen LogP contribution in [0.4, 0.5) is 0 Å². The van der Waals surface area contributed by atoms with Crippen LogP contribution in [0.2, 0.25) is 0 Å². The lowest BCUT2D eigenvalue weighted by Gasteiger charge is -2.31. The van der Waals surface area contributed by atoms with E-state index < -0.39 is 10.0 Å². The van der Waals surface area contributed by atoms with Crippen molar-refractivity contribution < 1.29 is 8.42 Å². The van der Waals surface area contributed by atoms with Crippen molar-refractivity contribution in [3.63, 3.8) is 0 Å². The number of benzene rings is 1. The maximum absolute atomic E-state index is 12.7. The summed E-state index contributed by atoms with van der Waals surface area (Å²) in [4.78, 5) is 19.5. The first-order chi connectivity index (χ1) is 13.0. The summed E-state index contributed by atoms with van der Waals surface area (Å²) in [6.45, 7) is 2.05. The Morgan fingerprint density at radius 1 is 1.22 bits per heavy atom. The number of thioether (sulfide) groups is 1. The zero-order valence-electron chi connectivity index (χ0n) is 15.3. The highest BCUT2D eigenvalue weighted by Gasteiger charge is 2.30. The molecule has 1 saturated carbocycles. The number of nitrogens with one attached hydrogen (secondary N) is 2. The first kappa shape index (κ1) is 20.1. The molecule has 1 aliphatic carbocycles. The molecule has 2 N–H and O–H groups in total. The molecule has 0 amide bonds. The molecule has 2 aromatic rings. The number of aromatic nitrogens is 2. The van der Waals surface area contributed by atoms with Gasteiger partial charge >= 0.3 is 0 Å². The lowest BCUT2D eigenvalue weighted by molar-refractivity contribution is 0.422. The van der Waals surface area contributed by atoms with Crippen LogP contribution in [0.15, 0.2) is 51.2 Å². The Kier molecular flexibility index (Phi) is 6.73. The summed E-state index contributed by atoms with van der Waals surface area (Å²) in [6, 6.07) is 9.77. The molecular weight excluding hydrogens is 382 g/mol. The van der Waals surface area contributed by atoms with Crippen LogP contribution >= 0.6 is 11.8 Å². The lowest BCUT2D eigenvalue weighted by atomic mass is 9.96. The second kappa shape index (κ2) is 9.03. The van der Waals surface area contributed by atoms with E-state index in [0.29, 0.717) is 5.16 Å². The summed E-state index contributed by atoms with van der Waals surface area (Å²) in [6.07, 6.45) is 5.37. The van der Waals surface area contributed by atoms with Gasteiger partial charge in [0.2, 0.25) is 10.0 Å². The third-order valence-electron chi connectivity index (χ3n) is 4.60. The molecule has 8 heteroatoms. The average molecular weight is 408 g/mol. The Bertz CT molecular complexity index is 913. The highest BCUT2D eigenvalue weighted by molar-refractivity contribution is 7.99. The normalized spacial score (nSPS) is 20.5. The van der Waals surface area contributed by atoms with Gasteiger partial charge in [0, 0.05) is 23.1 Å². The predicted molar refractivity (Wildman–Crippen MR) is 108 cm³/mol. The number of nitrogens with zero attached hydrogens (tertiary/aromatic N) is 1. The van der Waals surface area contributed by atoms with Gasteiger partial charge in [-0.15, -0.1) is 0 Å². The van der Waals surface area contributed by atoms with E-state index in [0.717, 1.165) is 44.2 Å². The van der Waals surface area contributed by atoms with Crippen molar-refractivity contribution in [3.05, 3.63) is 52.4 Å². The monoisotopic (exact) mass is 407 g/mol. The quantitative estimate of drug-likeness (QED) is 0.688. The minimum atomic E-state index is -3.57. The van der Waals surface area contributed by atoms with E-state index in [9.17, 15) is 13.2 Å².